The number of hydrogen-bond donors (Lipinski definition) is 2. The summed E-state index contributed by atoms with van der Waals surface area (Å²) in [5.74, 6) is 1.83. The van der Waals surface area contributed by atoms with Crippen molar-refractivity contribution in [2.45, 2.75) is 18.4 Å². The van der Waals surface area contributed by atoms with E-state index in [9.17, 15) is 0 Å². The molecule has 2 aromatic carbocycles. The smallest absolute Gasteiger partial charge is 0.191 e. The van der Waals surface area contributed by atoms with Gasteiger partial charge in [0.15, 0.2) is 5.96 Å². The second kappa shape index (κ2) is 10.4. The molecule has 3 aromatic rings. The first kappa shape index (κ1) is 19.0. The highest BCUT2D eigenvalue weighted by atomic mass is 32.2. The minimum absolute atomic E-state index is 0.624. The Hall–Kier alpha value is -2.80. The van der Waals surface area contributed by atoms with Gasteiger partial charge in [-0.05, 0) is 36.8 Å². The molecule has 0 atom stereocenters. The summed E-state index contributed by atoms with van der Waals surface area (Å²) in [4.78, 5) is 9.92. The van der Waals surface area contributed by atoms with Crippen LogP contribution >= 0.6 is 11.8 Å². The number of hydrogen-bond acceptors (Lipinski definition) is 4. The largest absolute Gasteiger partial charge is 0.357 e. The van der Waals surface area contributed by atoms with Crippen molar-refractivity contribution in [1.82, 2.24) is 25.4 Å². The van der Waals surface area contributed by atoms with Gasteiger partial charge >= 0.3 is 0 Å². The molecule has 1 aromatic heterocycles. The predicted molar refractivity (Wildman–Crippen MR) is 111 cm³/mol. The van der Waals surface area contributed by atoms with Crippen LogP contribution in [0, 0.1) is 0 Å². The van der Waals surface area contributed by atoms with E-state index in [1.165, 1.54) is 11.2 Å². The highest BCUT2D eigenvalue weighted by molar-refractivity contribution is 7.99. The van der Waals surface area contributed by atoms with Crippen LogP contribution < -0.4 is 10.6 Å². The average Bonchev–Trinajstić information content (AvgIpc) is 3.25. The van der Waals surface area contributed by atoms with Crippen molar-refractivity contribution in [3.05, 3.63) is 72.8 Å². The Labute approximate surface area is 164 Å². The summed E-state index contributed by atoms with van der Waals surface area (Å²) in [6, 6.07) is 18.6. The van der Waals surface area contributed by atoms with E-state index in [2.05, 4.69) is 69.0 Å². The Kier molecular flexibility index (Phi) is 7.29. The van der Waals surface area contributed by atoms with Gasteiger partial charge in [-0.3, -0.25) is 0 Å². The third kappa shape index (κ3) is 6.14. The Bertz CT molecular complexity index is 815. The normalized spacial score (nSPS) is 11.4. The number of aromatic nitrogens is 3. The molecule has 0 aliphatic carbocycles. The summed E-state index contributed by atoms with van der Waals surface area (Å²) in [6.07, 6.45) is 3.22. The van der Waals surface area contributed by atoms with Gasteiger partial charge in [0.25, 0.3) is 0 Å². The van der Waals surface area contributed by atoms with Crippen molar-refractivity contribution in [2.75, 3.05) is 18.8 Å². The molecular formula is C20H24N6S. The van der Waals surface area contributed by atoms with Crippen molar-refractivity contribution >= 4 is 17.7 Å². The fraction of sp³-hybridized carbons (Fsp3) is 0.250. The third-order valence-electron chi connectivity index (χ3n) is 3.79. The van der Waals surface area contributed by atoms with E-state index in [1.807, 2.05) is 30.0 Å². The maximum Gasteiger partial charge on any atom is 0.191 e. The molecule has 0 radical (unpaired) electrons. The van der Waals surface area contributed by atoms with Gasteiger partial charge in [-0.2, -0.15) is 5.10 Å². The molecule has 0 saturated heterocycles. The van der Waals surface area contributed by atoms with E-state index in [4.69, 9.17) is 0 Å². The first-order chi connectivity index (χ1) is 13.3. The van der Waals surface area contributed by atoms with E-state index in [-0.39, 0.29) is 0 Å². The van der Waals surface area contributed by atoms with Crippen LogP contribution in [0.2, 0.25) is 0 Å². The van der Waals surface area contributed by atoms with Crippen LogP contribution in [0.3, 0.4) is 0 Å². The van der Waals surface area contributed by atoms with Crippen LogP contribution in [0.5, 0.6) is 0 Å². The molecule has 0 saturated carbocycles. The van der Waals surface area contributed by atoms with Gasteiger partial charge in [-0.15, -0.1) is 11.8 Å². The van der Waals surface area contributed by atoms with Gasteiger partial charge in [-0.1, -0.05) is 30.3 Å². The van der Waals surface area contributed by atoms with Crippen molar-refractivity contribution in [3.8, 4) is 5.69 Å². The van der Waals surface area contributed by atoms with Crippen molar-refractivity contribution in [3.63, 3.8) is 0 Å². The number of thioether (sulfide) groups is 1. The lowest BCUT2D eigenvalue weighted by Crippen LogP contribution is -2.38. The second-order valence-electron chi connectivity index (χ2n) is 5.79. The topological polar surface area (TPSA) is 67.1 Å². The highest BCUT2D eigenvalue weighted by Gasteiger charge is 2.00. The van der Waals surface area contributed by atoms with Gasteiger partial charge in [0, 0.05) is 23.7 Å². The zero-order valence-corrected chi connectivity index (χ0v) is 16.2. The summed E-state index contributed by atoms with van der Waals surface area (Å²) >= 11 is 1.84. The van der Waals surface area contributed by atoms with Crippen LogP contribution in [0.4, 0.5) is 0 Å². The number of benzene rings is 2. The molecule has 6 nitrogen and oxygen atoms in total. The molecule has 0 bridgehead atoms. The van der Waals surface area contributed by atoms with Crippen molar-refractivity contribution in [1.29, 1.82) is 0 Å². The molecular weight excluding hydrogens is 356 g/mol. The Balaban J connectivity index is 1.49. The van der Waals surface area contributed by atoms with E-state index in [1.54, 1.807) is 11.0 Å². The van der Waals surface area contributed by atoms with E-state index >= 15 is 0 Å². The predicted octanol–water partition coefficient (Wildman–Crippen LogP) is 3.11. The van der Waals surface area contributed by atoms with Crippen LogP contribution in [0.25, 0.3) is 5.69 Å². The quantitative estimate of drug-likeness (QED) is 0.272. The third-order valence-corrected chi connectivity index (χ3v) is 4.80. The van der Waals surface area contributed by atoms with Crippen LogP contribution in [-0.2, 0) is 6.54 Å². The molecule has 0 fully saturated rings. The number of nitrogens with zero attached hydrogens (tertiary/aromatic N) is 4. The Morgan fingerprint density at radius 1 is 1.07 bits per heavy atom. The lowest BCUT2D eigenvalue weighted by atomic mass is 10.2. The Morgan fingerprint density at radius 3 is 2.59 bits per heavy atom. The maximum atomic E-state index is 4.67. The maximum absolute atomic E-state index is 4.67. The molecule has 0 amide bonds. The molecule has 1 heterocycles. The van der Waals surface area contributed by atoms with Crippen molar-refractivity contribution in [2.24, 2.45) is 4.99 Å². The van der Waals surface area contributed by atoms with Gasteiger partial charge in [0.2, 0.25) is 0 Å². The molecule has 0 spiro atoms. The van der Waals surface area contributed by atoms with Gasteiger partial charge < -0.3 is 10.6 Å². The summed E-state index contributed by atoms with van der Waals surface area (Å²) < 4.78 is 1.74. The SMILES string of the molecule is CCNC(=NCc1ccc(-n2cncn2)cc1)NCCSc1ccccc1. The summed E-state index contributed by atoms with van der Waals surface area (Å²) in [6.45, 7) is 4.39. The van der Waals surface area contributed by atoms with Crippen molar-refractivity contribution < 1.29 is 0 Å². The molecule has 7 heteroatoms. The lowest BCUT2D eigenvalue weighted by molar-refractivity contribution is 0.842. The Morgan fingerprint density at radius 2 is 1.89 bits per heavy atom. The minimum Gasteiger partial charge on any atom is -0.357 e. The van der Waals surface area contributed by atoms with E-state index in [0.29, 0.717) is 6.54 Å². The van der Waals surface area contributed by atoms with Crippen LogP contribution in [0.1, 0.15) is 12.5 Å². The first-order valence-corrected chi connectivity index (χ1v) is 9.97. The van der Waals surface area contributed by atoms with Crippen LogP contribution in [0.15, 0.2) is 77.1 Å². The number of aliphatic imine (C=N–C) groups is 1. The van der Waals surface area contributed by atoms with E-state index in [0.717, 1.165) is 36.1 Å². The molecule has 0 aliphatic rings. The van der Waals surface area contributed by atoms with Crippen LogP contribution in [-0.4, -0.2) is 39.6 Å². The number of nitrogens with one attached hydrogen (secondary N) is 2. The highest BCUT2D eigenvalue weighted by Crippen LogP contribution is 2.15. The molecule has 140 valence electrons. The summed E-state index contributed by atoms with van der Waals surface area (Å²) in [5.41, 5.74) is 2.14. The zero-order chi connectivity index (χ0) is 18.7. The molecule has 27 heavy (non-hydrogen) atoms. The average molecular weight is 381 g/mol. The van der Waals surface area contributed by atoms with Gasteiger partial charge in [-0.25, -0.2) is 14.7 Å². The second-order valence-corrected chi connectivity index (χ2v) is 6.96. The molecule has 0 aliphatic heterocycles. The first-order valence-electron chi connectivity index (χ1n) is 8.99. The molecule has 0 unspecified atom stereocenters. The number of rotatable bonds is 8. The number of guanidine groups is 1. The summed E-state index contributed by atoms with van der Waals surface area (Å²) in [5, 5.41) is 10.8. The van der Waals surface area contributed by atoms with E-state index < -0.39 is 0 Å². The fourth-order valence-corrected chi connectivity index (χ4v) is 3.25. The zero-order valence-electron chi connectivity index (χ0n) is 15.4. The standard InChI is InChI=1S/C20H24N6S/c1-2-22-20(23-12-13-27-19-6-4-3-5-7-19)24-14-17-8-10-18(11-9-17)26-16-21-15-25-26/h3-11,15-16H,2,12-14H2,1H3,(H2,22,23,24). The minimum atomic E-state index is 0.624. The fourth-order valence-electron chi connectivity index (χ4n) is 2.46. The van der Waals surface area contributed by atoms with Gasteiger partial charge in [0.05, 0.1) is 12.2 Å². The monoisotopic (exact) mass is 380 g/mol. The molecule has 2 N–H and O–H groups in total. The van der Waals surface area contributed by atoms with Gasteiger partial charge in [0.1, 0.15) is 12.7 Å². The molecule has 3 rings (SSSR count). The lowest BCUT2D eigenvalue weighted by Gasteiger charge is -2.11. The summed E-state index contributed by atoms with van der Waals surface area (Å²) in [7, 11) is 0.